The Morgan fingerprint density at radius 3 is 2.46 bits per heavy atom. The van der Waals surface area contributed by atoms with Crippen molar-refractivity contribution in [1.82, 2.24) is 14.9 Å². The molecular weight excluding hydrogens is 348 g/mol. The number of amides is 1. The molecule has 5 nitrogen and oxygen atoms in total. The maximum Gasteiger partial charge on any atom is 0.254 e. The molecule has 1 N–H and O–H groups in total. The van der Waals surface area contributed by atoms with Crippen LogP contribution in [0, 0.1) is 11.3 Å². The molecule has 1 aromatic rings. The number of carbonyl (C=O) groups excluding carboxylic acids is 1. The molecular formula is C20H19ClN4O. The summed E-state index contributed by atoms with van der Waals surface area (Å²) in [5, 5.41) is 9.58. The zero-order valence-electron chi connectivity index (χ0n) is 15.1. The van der Waals surface area contributed by atoms with Gasteiger partial charge in [-0.15, -0.1) is 0 Å². The molecule has 1 aliphatic heterocycles. The van der Waals surface area contributed by atoms with E-state index in [0.29, 0.717) is 5.56 Å². The molecule has 0 unspecified atom stereocenters. The van der Waals surface area contributed by atoms with Gasteiger partial charge in [-0.3, -0.25) is 4.79 Å². The van der Waals surface area contributed by atoms with Gasteiger partial charge < -0.3 is 9.88 Å². The number of halogens is 1. The summed E-state index contributed by atoms with van der Waals surface area (Å²) in [6.45, 7) is 3.75. The molecule has 1 aromatic carbocycles. The smallest absolute Gasteiger partial charge is 0.254 e. The van der Waals surface area contributed by atoms with E-state index in [-0.39, 0.29) is 11.2 Å². The van der Waals surface area contributed by atoms with Crippen LogP contribution < -0.4 is 0 Å². The minimum absolute atomic E-state index is 0.0952. The Balaban J connectivity index is 2.21. The highest BCUT2D eigenvalue weighted by atomic mass is 35.5. The van der Waals surface area contributed by atoms with Crippen molar-refractivity contribution in [3.63, 3.8) is 0 Å². The number of aromatic amines is 1. The van der Waals surface area contributed by atoms with E-state index >= 15 is 0 Å². The lowest BCUT2D eigenvalue weighted by Gasteiger charge is -2.17. The van der Waals surface area contributed by atoms with Crippen LogP contribution in [0.5, 0.6) is 0 Å². The lowest BCUT2D eigenvalue weighted by molar-refractivity contribution is 0.0828. The predicted molar refractivity (Wildman–Crippen MR) is 102 cm³/mol. The van der Waals surface area contributed by atoms with Gasteiger partial charge in [0.25, 0.3) is 5.91 Å². The predicted octanol–water partition coefficient (Wildman–Crippen LogP) is 4.34. The number of nitriles is 1. The van der Waals surface area contributed by atoms with Crippen LogP contribution in [0.2, 0.25) is 5.28 Å². The molecule has 0 saturated heterocycles. The number of carbonyl (C=O) groups is 1. The van der Waals surface area contributed by atoms with Crippen LogP contribution in [0.4, 0.5) is 0 Å². The van der Waals surface area contributed by atoms with Gasteiger partial charge >= 0.3 is 0 Å². The normalized spacial score (nSPS) is 11.4. The molecule has 3 rings (SSSR count). The number of fused-ring (bicyclic) bond motifs is 1. The molecule has 0 aromatic heterocycles. The first-order chi connectivity index (χ1) is 12.2. The Labute approximate surface area is 157 Å². The van der Waals surface area contributed by atoms with Gasteiger partial charge in [0.05, 0.1) is 22.7 Å². The van der Waals surface area contributed by atoms with Gasteiger partial charge in [-0.1, -0.05) is 24.3 Å². The molecule has 0 fully saturated rings. The summed E-state index contributed by atoms with van der Waals surface area (Å²) >= 11 is 6.04. The minimum atomic E-state index is -0.575. The fraction of sp³-hybridized carbons (Fsp3) is 0.250. The highest BCUT2D eigenvalue weighted by molar-refractivity contribution is 6.28. The van der Waals surface area contributed by atoms with Gasteiger partial charge in [-0.2, -0.15) is 5.26 Å². The third-order valence-electron chi connectivity index (χ3n) is 4.46. The van der Waals surface area contributed by atoms with Gasteiger partial charge in [0, 0.05) is 31.4 Å². The van der Waals surface area contributed by atoms with Crippen LogP contribution in [-0.4, -0.2) is 34.9 Å². The van der Waals surface area contributed by atoms with Gasteiger partial charge in [-0.25, -0.2) is 4.98 Å². The number of benzene rings is 1. The molecule has 0 spiro atoms. The minimum Gasteiger partial charge on any atom is -0.345 e. The maximum atomic E-state index is 12.7. The molecule has 0 saturated carbocycles. The summed E-state index contributed by atoms with van der Waals surface area (Å²) in [5.74, 6) is -0.0952. The zero-order chi connectivity index (χ0) is 19.1. The van der Waals surface area contributed by atoms with E-state index in [0.717, 1.165) is 27.9 Å². The summed E-state index contributed by atoms with van der Waals surface area (Å²) < 4.78 is 0. The third-order valence-corrected chi connectivity index (χ3v) is 4.66. The molecule has 1 heterocycles. The molecule has 2 aliphatic rings. The number of hydrogen-bond donors (Lipinski definition) is 1. The Kier molecular flexibility index (Phi) is 4.47. The molecule has 0 bridgehead atoms. The first-order valence-corrected chi connectivity index (χ1v) is 8.53. The lowest BCUT2D eigenvalue weighted by atomic mass is 9.85. The van der Waals surface area contributed by atoms with Crippen LogP contribution in [0.1, 0.15) is 29.8 Å². The maximum absolute atomic E-state index is 12.7. The van der Waals surface area contributed by atoms with Crippen molar-refractivity contribution >= 4 is 17.5 Å². The number of aromatic nitrogens is 2. The van der Waals surface area contributed by atoms with Gasteiger partial charge in [-0.05, 0) is 42.6 Å². The van der Waals surface area contributed by atoms with Crippen LogP contribution in [0.15, 0.2) is 36.5 Å². The Bertz CT molecular complexity index is 980. The van der Waals surface area contributed by atoms with Crippen molar-refractivity contribution in [2.45, 2.75) is 19.3 Å². The van der Waals surface area contributed by atoms with Crippen molar-refractivity contribution in [1.29, 1.82) is 5.26 Å². The number of nitrogens with zero attached hydrogens (tertiary/aromatic N) is 3. The Hall–Kier alpha value is -2.84. The Morgan fingerprint density at radius 2 is 1.88 bits per heavy atom. The topological polar surface area (TPSA) is 72.8 Å². The second kappa shape index (κ2) is 6.47. The molecule has 0 atom stereocenters. The van der Waals surface area contributed by atoms with E-state index in [4.69, 9.17) is 11.6 Å². The van der Waals surface area contributed by atoms with Crippen LogP contribution in [0.25, 0.3) is 22.4 Å². The first-order valence-electron chi connectivity index (χ1n) is 8.15. The lowest BCUT2D eigenvalue weighted by Crippen LogP contribution is -2.21. The fourth-order valence-corrected chi connectivity index (χ4v) is 3.05. The standard InChI is InChI=1S/C20H19ClN4O/c1-20(2,11-22)14-7-5-12(6-8-14)16-15(18(26)25(3)4)9-13-10-23-19(21)24-17(13)16/h5-10H,1-4H3,(H,23,24). The van der Waals surface area contributed by atoms with E-state index in [2.05, 4.69) is 16.0 Å². The molecule has 0 radical (unpaired) electrons. The molecule has 1 aliphatic carbocycles. The molecule has 26 heavy (non-hydrogen) atoms. The molecule has 1 amide bonds. The Morgan fingerprint density at radius 1 is 1.23 bits per heavy atom. The SMILES string of the molecule is CN(C)C(=O)c1cc2cnc(Cl)[nH]c-2c1-c1ccc(C(C)(C)C#N)cc1. The second-order valence-corrected chi connectivity index (χ2v) is 7.31. The van der Waals surface area contributed by atoms with Gasteiger partial charge in [0.1, 0.15) is 0 Å². The summed E-state index contributed by atoms with van der Waals surface area (Å²) in [5.41, 5.74) is 4.17. The summed E-state index contributed by atoms with van der Waals surface area (Å²) in [6, 6.07) is 11.8. The fourth-order valence-electron chi connectivity index (χ4n) is 2.90. The number of hydrogen-bond acceptors (Lipinski definition) is 3. The van der Waals surface area contributed by atoms with Crippen LogP contribution in [0.3, 0.4) is 0 Å². The van der Waals surface area contributed by atoms with Gasteiger partial charge in [0.2, 0.25) is 0 Å². The van der Waals surface area contributed by atoms with E-state index < -0.39 is 5.41 Å². The third kappa shape index (κ3) is 3.04. The highest BCUT2D eigenvalue weighted by Crippen LogP contribution is 2.39. The number of nitrogens with one attached hydrogen (secondary N) is 1. The summed E-state index contributed by atoms with van der Waals surface area (Å²) in [4.78, 5) is 21.3. The second-order valence-electron chi connectivity index (χ2n) is 6.95. The van der Waals surface area contributed by atoms with E-state index in [1.165, 1.54) is 0 Å². The highest BCUT2D eigenvalue weighted by Gasteiger charge is 2.25. The van der Waals surface area contributed by atoms with Crippen LogP contribution >= 0.6 is 11.6 Å². The van der Waals surface area contributed by atoms with Crippen molar-refractivity contribution in [2.75, 3.05) is 14.1 Å². The average molecular weight is 367 g/mol. The first kappa shape index (κ1) is 18.0. The van der Waals surface area contributed by atoms with Gasteiger partial charge in [0.15, 0.2) is 5.28 Å². The number of H-pyrrole nitrogens is 1. The van der Waals surface area contributed by atoms with E-state index in [1.807, 2.05) is 44.2 Å². The zero-order valence-corrected chi connectivity index (χ0v) is 15.8. The van der Waals surface area contributed by atoms with Crippen LogP contribution in [-0.2, 0) is 5.41 Å². The van der Waals surface area contributed by atoms with E-state index in [1.54, 1.807) is 25.2 Å². The molecule has 6 heteroatoms. The monoisotopic (exact) mass is 366 g/mol. The quantitative estimate of drug-likeness (QED) is 0.701. The summed E-state index contributed by atoms with van der Waals surface area (Å²) in [7, 11) is 3.44. The largest absolute Gasteiger partial charge is 0.345 e. The molecule has 132 valence electrons. The van der Waals surface area contributed by atoms with Crippen molar-refractivity contribution in [2.24, 2.45) is 0 Å². The van der Waals surface area contributed by atoms with E-state index in [9.17, 15) is 10.1 Å². The van der Waals surface area contributed by atoms with Crippen molar-refractivity contribution in [3.05, 3.63) is 52.9 Å². The number of rotatable bonds is 3. The van der Waals surface area contributed by atoms with Crippen molar-refractivity contribution < 1.29 is 4.79 Å². The average Bonchev–Trinajstić information content (AvgIpc) is 2.99. The summed E-state index contributed by atoms with van der Waals surface area (Å²) in [6.07, 6.45) is 1.65. The van der Waals surface area contributed by atoms with Crippen molar-refractivity contribution in [3.8, 4) is 28.5 Å².